The lowest BCUT2D eigenvalue weighted by Crippen LogP contribution is -2.27. The van der Waals surface area contributed by atoms with Gasteiger partial charge >= 0.3 is 0 Å². The zero-order valence-electron chi connectivity index (χ0n) is 12.2. The Morgan fingerprint density at radius 1 is 1.00 bits per heavy atom. The summed E-state index contributed by atoms with van der Waals surface area (Å²) in [4.78, 5) is 30.1. The van der Waals surface area contributed by atoms with Gasteiger partial charge < -0.3 is 10.2 Å². The molecule has 0 aliphatic carbocycles. The van der Waals surface area contributed by atoms with Crippen LogP contribution in [0.4, 0.5) is 5.69 Å². The van der Waals surface area contributed by atoms with E-state index in [0.29, 0.717) is 16.9 Å². The SMILES string of the molecule is O=C(Nc1ccc(C(=O)N2CCCC2)cc1)c1ccccn1. The van der Waals surface area contributed by atoms with Gasteiger partial charge in [0.2, 0.25) is 0 Å². The Balaban J connectivity index is 1.66. The molecule has 0 bridgehead atoms. The van der Waals surface area contributed by atoms with Gasteiger partial charge in [0.1, 0.15) is 5.69 Å². The van der Waals surface area contributed by atoms with Gasteiger partial charge in [0.05, 0.1) is 0 Å². The maximum Gasteiger partial charge on any atom is 0.274 e. The van der Waals surface area contributed by atoms with Crippen LogP contribution in [0.15, 0.2) is 48.7 Å². The molecule has 2 aromatic rings. The van der Waals surface area contributed by atoms with E-state index in [1.165, 1.54) is 0 Å². The lowest BCUT2D eigenvalue weighted by atomic mass is 10.2. The van der Waals surface area contributed by atoms with Crippen LogP contribution in [0.25, 0.3) is 0 Å². The first kappa shape index (κ1) is 14.3. The zero-order valence-corrected chi connectivity index (χ0v) is 12.2. The summed E-state index contributed by atoms with van der Waals surface area (Å²) >= 11 is 0. The highest BCUT2D eigenvalue weighted by Gasteiger charge is 2.19. The molecule has 1 aliphatic rings. The van der Waals surface area contributed by atoms with Gasteiger partial charge in [-0.2, -0.15) is 0 Å². The van der Waals surface area contributed by atoms with Crippen molar-refractivity contribution in [2.24, 2.45) is 0 Å². The Morgan fingerprint density at radius 3 is 2.36 bits per heavy atom. The molecule has 2 amide bonds. The fraction of sp³-hybridized carbons (Fsp3) is 0.235. The largest absolute Gasteiger partial charge is 0.339 e. The molecule has 1 aromatic carbocycles. The second kappa shape index (κ2) is 6.39. The van der Waals surface area contributed by atoms with E-state index in [1.54, 1.807) is 48.7 Å². The van der Waals surface area contributed by atoms with E-state index in [2.05, 4.69) is 10.3 Å². The Labute approximate surface area is 129 Å². The molecule has 0 saturated carbocycles. The standard InChI is InChI=1S/C17H17N3O2/c21-16(15-5-1-2-10-18-15)19-14-8-6-13(7-9-14)17(22)20-11-3-4-12-20/h1-2,5-10H,3-4,11-12H2,(H,19,21). The van der Waals surface area contributed by atoms with Gasteiger partial charge in [-0.05, 0) is 49.2 Å². The van der Waals surface area contributed by atoms with Crippen LogP contribution in [0.3, 0.4) is 0 Å². The molecule has 112 valence electrons. The van der Waals surface area contributed by atoms with Crippen LogP contribution in [0.1, 0.15) is 33.7 Å². The quantitative estimate of drug-likeness (QED) is 0.946. The predicted molar refractivity (Wildman–Crippen MR) is 83.8 cm³/mol. The van der Waals surface area contributed by atoms with Crippen molar-refractivity contribution >= 4 is 17.5 Å². The van der Waals surface area contributed by atoms with Crippen LogP contribution >= 0.6 is 0 Å². The van der Waals surface area contributed by atoms with Crippen LogP contribution < -0.4 is 5.32 Å². The van der Waals surface area contributed by atoms with Crippen LogP contribution in [-0.4, -0.2) is 34.8 Å². The van der Waals surface area contributed by atoms with Gasteiger partial charge in [-0.3, -0.25) is 14.6 Å². The Morgan fingerprint density at radius 2 is 1.73 bits per heavy atom. The summed E-state index contributed by atoms with van der Waals surface area (Å²) in [5.74, 6) is -0.209. The maximum absolute atomic E-state index is 12.2. The number of amides is 2. The third-order valence-corrected chi connectivity index (χ3v) is 3.68. The number of likely N-dealkylation sites (tertiary alicyclic amines) is 1. The molecule has 0 radical (unpaired) electrons. The summed E-state index contributed by atoms with van der Waals surface area (Å²) in [6.45, 7) is 1.66. The number of aromatic nitrogens is 1. The minimum Gasteiger partial charge on any atom is -0.339 e. The third kappa shape index (κ3) is 3.14. The van der Waals surface area contributed by atoms with Gasteiger partial charge in [-0.25, -0.2) is 0 Å². The normalized spacial score (nSPS) is 13.9. The Bertz CT molecular complexity index is 662. The molecular formula is C17H17N3O2. The summed E-state index contributed by atoms with van der Waals surface area (Å²) in [5.41, 5.74) is 1.66. The molecule has 22 heavy (non-hydrogen) atoms. The van der Waals surface area contributed by atoms with Crippen molar-refractivity contribution < 1.29 is 9.59 Å². The molecule has 0 spiro atoms. The third-order valence-electron chi connectivity index (χ3n) is 3.68. The van der Waals surface area contributed by atoms with Gasteiger partial charge in [0, 0.05) is 30.5 Å². The predicted octanol–water partition coefficient (Wildman–Crippen LogP) is 2.57. The first-order valence-electron chi connectivity index (χ1n) is 7.36. The van der Waals surface area contributed by atoms with Crippen molar-refractivity contribution in [1.29, 1.82) is 0 Å². The lowest BCUT2D eigenvalue weighted by molar-refractivity contribution is 0.0792. The second-order valence-corrected chi connectivity index (χ2v) is 5.25. The van der Waals surface area contributed by atoms with Crippen LogP contribution in [0.2, 0.25) is 0 Å². The fourth-order valence-electron chi connectivity index (χ4n) is 2.49. The second-order valence-electron chi connectivity index (χ2n) is 5.25. The van der Waals surface area contributed by atoms with E-state index >= 15 is 0 Å². The highest BCUT2D eigenvalue weighted by Crippen LogP contribution is 2.15. The number of hydrogen-bond acceptors (Lipinski definition) is 3. The van der Waals surface area contributed by atoms with E-state index in [9.17, 15) is 9.59 Å². The zero-order chi connectivity index (χ0) is 15.4. The first-order valence-corrected chi connectivity index (χ1v) is 7.36. The minimum atomic E-state index is -0.265. The monoisotopic (exact) mass is 295 g/mol. The van der Waals surface area contributed by atoms with Crippen molar-refractivity contribution in [3.63, 3.8) is 0 Å². The minimum absolute atomic E-state index is 0.0557. The van der Waals surface area contributed by atoms with Gasteiger partial charge in [0.15, 0.2) is 0 Å². The molecular weight excluding hydrogens is 278 g/mol. The number of anilines is 1. The number of carbonyl (C=O) groups is 2. The van der Waals surface area contributed by atoms with Crippen molar-refractivity contribution in [2.75, 3.05) is 18.4 Å². The van der Waals surface area contributed by atoms with Crippen molar-refractivity contribution in [1.82, 2.24) is 9.88 Å². The molecule has 1 aliphatic heterocycles. The molecule has 1 fully saturated rings. The smallest absolute Gasteiger partial charge is 0.274 e. The van der Waals surface area contributed by atoms with E-state index in [1.807, 2.05) is 4.90 Å². The molecule has 5 nitrogen and oxygen atoms in total. The van der Waals surface area contributed by atoms with Gasteiger partial charge in [-0.15, -0.1) is 0 Å². The Hall–Kier alpha value is -2.69. The number of nitrogens with one attached hydrogen (secondary N) is 1. The fourth-order valence-corrected chi connectivity index (χ4v) is 2.49. The number of pyridine rings is 1. The number of rotatable bonds is 3. The molecule has 3 rings (SSSR count). The van der Waals surface area contributed by atoms with Gasteiger partial charge in [0.25, 0.3) is 11.8 Å². The summed E-state index contributed by atoms with van der Waals surface area (Å²) in [7, 11) is 0. The van der Waals surface area contributed by atoms with E-state index < -0.39 is 0 Å². The number of nitrogens with zero attached hydrogens (tertiary/aromatic N) is 2. The van der Waals surface area contributed by atoms with E-state index in [0.717, 1.165) is 25.9 Å². The summed E-state index contributed by atoms with van der Waals surface area (Å²) in [5, 5.41) is 2.77. The number of carbonyl (C=O) groups excluding carboxylic acids is 2. The van der Waals surface area contributed by atoms with E-state index in [-0.39, 0.29) is 11.8 Å². The topological polar surface area (TPSA) is 62.3 Å². The van der Waals surface area contributed by atoms with Crippen LogP contribution in [-0.2, 0) is 0 Å². The molecule has 2 heterocycles. The molecule has 0 unspecified atom stereocenters. The van der Waals surface area contributed by atoms with Crippen molar-refractivity contribution in [3.05, 3.63) is 59.9 Å². The first-order chi connectivity index (χ1) is 10.7. The van der Waals surface area contributed by atoms with E-state index in [4.69, 9.17) is 0 Å². The van der Waals surface area contributed by atoms with Crippen molar-refractivity contribution in [3.8, 4) is 0 Å². The average Bonchev–Trinajstić information content (AvgIpc) is 3.10. The summed E-state index contributed by atoms with van der Waals surface area (Å²) in [6.07, 6.45) is 3.72. The summed E-state index contributed by atoms with van der Waals surface area (Å²) in [6, 6.07) is 12.1. The van der Waals surface area contributed by atoms with Crippen LogP contribution in [0, 0.1) is 0 Å². The highest BCUT2D eigenvalue weighted by atomic mass is 16.2. The number of hydrogen-bond donors (Lipinski definition) is 1. The highest BCUT2D eigenvalue weighted by molar-refractivity contribution is 6.03. The summed E-state index contributed by atoms with van der Waals surface area (Å²) < 4.78 is 0. The van der Waals surface area contributed by atoms with Crippen molar-refractivity contribution in [2.45, 2.75) is 12.8 Å². The molecule has 1 N–H and O–H groups in total. The maximum atomic E-state index is 12.2. The lowest BCUT2D eigenvalue weighted by Gasteiger charge is -2.15. The average molecular weight is 295 g/mol. The molecule has 5 heteroatoms. The molecule has 1 aromatic heterocycles. The van der Waals surface area contributed by atoms with Gasteiger partial charge in [-0.1, -0.05) is 6.07 Å². The van der Waals surface area contributed by atoms with Crippen LogP contribution in [0.5, 0.6) is 0 Å². The number of benzene rings is 1. The molecule has 1 saturated heterocycles. The molecule has 0 atom stereocenters. The Kier molecular flexibility index (Phi) is 4.14.